The largest absolute Gasteiger partial charge is 0.350 e. The monoisotopic (exact) mass is 212 g/mol. The lowest BCUT2D eigenvalue weighted by Gasteiger charge is -2.07. The van der Waals surface area contributed by atoms with Crippen molar-refractivity contribution in [3.05, 3.63) is 12.7 Å². The van der Waals surface area contributed by atoms with Crippen LogP contribution in [0.3, 0.4) is 0 Å². The zero-order valence-corrected chi connectivity index (χ0v) is 9.24. The average Bonchev–Trinajstić information content (AvgIpc) is 2.70. The highest BCUT2D eigenvalue weighted by Crippen LogP contribution is 2.11. The Labute approximate surface area is 91.4 Å². The van der Waals surface area contributed by atoms with E-state index >= 15 is 0 Å². The van der Waals surface area contributed by atoms with Gasteiger partial charge >= 0.3 is 0 Å². The van der Waals surface area contributed by atoms with E-state index in [2.05, 4.69) is 6.58 Å². The van der Waals surface area contributed by atoms with Gasteiger partial charge in [0.15, 0.2) is 6.29 Å². The van der Waals surface area contributed by atoms with Gasteiger partial charge in [0.2, 0.25) is 0 Å². The van der Waals surface area contributed by atoms with Gasteiger partial charge in [-0.3, -0.25) is 4.79 Å². The Balaban J connectivity index is 1.95. The Morgan fingerprint density at radius 2 is 2.00 bits per heavy atom. The maximum Gasteiger partial charge on any atom is 0.164 e. The molecule has 3 nitrogen and oxygen atoms in total. The number of rotatable bonds is 8. The van der Waals surface area contributed by atoms with Gasteiger partial charge in [0, 0.05) is 6.42 Å². The molecular formula is C12H20O3. The third-order valence-corrected chi connectivity index (χ3v) is 2.45. The van der Waals surface area contributed by atoms with Crippen molar-refractivity contribution in [1.29, 1.82) is 0 Å². The van der Waals surface area contributed by atoms with E-state index in [9.17, 15) is 4.79 Å². The summed E-state index contributed by atoms with van der Waals surface area (Å²) in [6.07, 6.45) is 6.97. The zero-order chi connectivity index (χ0) is 10.9. The van der Waals surface area contributed by atoms with Crippen molar-refractivity contribution >= 4 is 5.78 Å². The van der Waals surface area contributed by atoms with E-state index in [1.54, 1.807) is 0 Å². The van der Waals surface area contributed by atoms with Gasteiger partial charge in [0.05, 0.1) is 19.6 Å². The van der Waals surface area contributed by atoms with E-state index in [0.717, 1.165) is 25.7 Å². The molecule has 86 valence electrons. The summed E-state index contributed by atoms with van der Waals surface area (Å²) in [6.45, 7) is 4.91. The highest BCUT2D eigenvalue weighted by Gasteiger charge is 2.18. The molecule has 0 radical (unpaired) electrons. The van der Waals surface area contributed by atoms with Gasteiger partial charge < -0.3 is 9.47 Å². The van der Waals surface area contributed by atoms with Gasteiger partial charge in [-0.25, -0.2) is 0 Å². The molecule has 15 heavy (non-hydrogen) atoms. The molecule has 1 rings (SSSR count). The van der Waals surface area contributed by atoms with E-state index < -0.39 is 0 Å². The van der Waals surface area contributed by atoms with E-state index in [1.807, 2.05) is 6.08 Å². The molecule has 3 heteroatoms. The summed E-state index contributed by atoms with van der Waals surface area (Å²) in [6, 6.07) is 0. The summed E-state index contributed by atoms with van der Waals surface area (Å²) in [7, 11) is 0. The summed E-state index contributed by atoms with van der Waals surface area (Å²) in [5.41, 5.74) is 0. The molecule has 0 aromatic rings. The maximum atomic E-state index is 11.5. The Hall–Kier alpha value is -0.670. The fraction of sp³-hybridized carbons (Fsp3) is 0.750. The number of carbonyl (C=O) groups excluding carboxylic acids is 1. The Bertz CT molecular complexity index is 195. The molecule has 1 aliphatic heterocycles. The first kappa shape index (κ1) is 12.4. The predicted octanol–water partition coefficient (Wildman–Crippen LogP) is 2.46. The molecule has 0 bridgehead atoms. The lowest BCUT2D eigenvalue weighted by atomic mass is 10.1. The van der Waals surface area contributed by atoms with Crippen LogP contribution >= 0.6 is 0 Å². The van der Waals surface area contributed by atoms with Gasteiger partial charge in [0.1, 0.15) is 5.78 Å². The van der Waals surface area contributed by atoms with Crippen LogP contribution in [-0.2, 0) is 14.3 Å². The second-order valence-corrected chi connectivity index (χ2v) is 3.80. The first-order chi connectivity index (χ1) is 7.33. The molecule has 0 aliphatic carbocycles. The molecular weight excluding hydrogens is 192 g/mol. The third kappa shape index (κ3) is 5.70. The second kappa shape index (κ2) is 7.60. The zero-order valence-electron chi connectivity index (χ0n) is 9.24. The van der Waals surface area contributed by atoms with Gasteiger partial charge in [-0.2, -0.15) is 0 Å². The normalized spacial score (nSPS) is 16.8. The lowest BCUT2D eigenvalue weighted by Crippen LogP contribution is -2.14. The Kier molecular flexibility index (Phi) is 6.28. The quantitative estimate of drug-likeness (QED) is 0.458. The first-order valence-electron chi connectivity index (χ1n) is 5.68. The van der Waals surface area contributed by atoms with Crippen LogP contribution in [0.25, 0.3) is 0 Å². The predicted molar refractivity (Wildman–Crippen MR) is 58.6 cm³/mol. The molecule has 0 unspecified atom stereocenters. The molecule has 1 fully saturated rings. The molecule has 0 amide bonds. The maximum absolute atomic E-state index is 11.5. The minimum Gasteiger partial charge on any atom is -0.350 e. The second-order valence-electron chi connectivity index (χ2n) is 3.80. The number of carbonyl (C=O) groups is 1. The molecule has 0 aromatic heterocycles. The molecule has 0 aromatic carbocycles. The van der Waals surface area contributed by atoms with Crippen molar-refractivity contribution in [3.8, 4) is 0 Å². The van der Waals surface area contributed by atoms with Crippen LogP contribution in [0.15, 0.2) is 12.7 Å². The van der Waals surface area contributed by atoms with Gasteiger partial charge in [-0.05, 0) is 19.3 Å². The number of unbranched alkanes of at least 4 members (excludes halogenated alkanes) is 3. The van der Waals surface area contributed by atoms with Crippen LogP contribution in [-0.4, -0.2) is 25.3 Å². The van der Waals surface area contributed by atoms with Crippen molar-refractivity contribution in [2.24, 2.45) is 0 Å². The summed E-state index contributed by atoms with van der Waals surface area (Å²) in [5, 5.41) is 0. The molecule has 0 N–H and O–H groups in total. The molecule has 0 spiro atoms. The van der Waals surface area contributed by atoms with Crippen LogP contribution < -0.4 is 0 Å². The van der Waals surface area contributed by atoms with E-state index in [-0.39, 0.29) is 12.1 Å². The number of ketones is 1. The van der Waals surface area contributed by atoms with E-state index in [1.165, 1.54) is 0 Å². The Morgan fingerprint density at radius 3 is 2.67 bits per heavy atom. The van der Waals surface area contributed by atoms with Gasteiger partial charge in [-0.15, -0.1) is 6.58 Å². The van der Waals surface area contributed by atoms with Crippen LogP contribution in [0.4, 0.5) is 0 Å². The molecule has 0 saturated carbocycles. The van der Waals surface area contributed by atoms with Crippen LogP contribution in [0.2, 0.25) is 0 Å². The van der Waals surface area contributed by atoms with Crippen molar-refractivity contribution in [1.82, 2.24) is 0 Å². The fourth-order valence-corrected chi connectivity index (χ4v) is 1.60. The lowest BCUT2D eigenvalue weighted by molar-refractivity contribution is -0.127. The number of Topliss-reactive ketones (excluding diaryl/α,β-unsaturated/α-hetero) is 1. The highest BCUT2D eigenvalue weighted by molar-refractivity contribution is 5.78. The topological polar surface area (TPSA) is 35.5 Å². The molecule has 1 saturated heterocycles. The van der Waals surface area contributed by atoms with Crippen molar-refractivity contribution in [3.63, 3.8) is 0 Å². The van der Waals surface area contributed by atoms with Crippen molar-refractivity contribution in [2.45, 2.75) is 44.8 Å². The average molecular weight is 212 g/mol. The smallest absolute Gasteiger partial charge is 0.164 e. The van der Waals surface area contributed by atoms with Crippen LogP contribution in [0.5, 0.6) is 0 Å². The molecule has 1 aliphatic rings. The standard InChI is InChI=1S/C12H20O3/c1-2-3-4-5-6-7-11(13)10-12-14-8-9-15-12/h2,12H,1,3-10H2. The van der Waals surface area contributed by atoms with Crippen molar-refractivity contribution < 1.29 is 14.3 Å². The minimum atomic E-state index is -0.273. The number of allylic oxidation sites excluding steroid dienone is 1. The highest BCUT2D eigenvalue weighted by atomic mass is 16.7. The van der Waals surface area contributed by atoms with Gasteiger partial charge in [-0.1, -0.05) is 12.5 Å². The van der Waals surface area contributed by atoms with E-state index in [4.69, 9.17) is 9.47 Å². The number of hydrogen-bond donors (Lipinski definition) is 0. The summed E-state index contributed by atoms with van der Waals surface area (Å²) >= 11 is 0. The number of hydrogen-bond acceptors (Lipinski definition) is 3. The SMILES string of the molecule is C=CCCCCCC(=O)CC1OCCO1. The first-order valence-corrected chi connectivity index (χ1v) is 5.68. The minimum absolute atomic E-state index is 0.250. The molecule has 0 atom stereocenters. The summed E-state index contributed by atoms with van der Waals surface area (Å²) in [4.78, 5) is 11.5. The third-order valence-electron chi connectivity index (χ3n) is 2.45. The summed E-state index contributed by atoms with van der Waals surface area (Å²) in [5.74, 6) is 0.250. The fourth-order valence-electron chi connectivity index (χ4n) is 1.60. The Morgan fingerprint density at radius 1 is 1.27 bits per heavy atom. The van der Waals surface area contributed by atoms with Crippen molar-refractivity contribution in [2.75, 3.05) is 13.2 Å². The number of ether oxygens (including phenoxy) is 2. The summed E-state index contributed by atoms with van der Waals surface area (Å²) < 4.78 is 10.4. The van der Waals surface area contributed by atoms with Crippen LogP contribution in [0, 0.1) is 0 Å². The van der Waals surface area contributed by atoms with E-state index in [0.29, 0.717) is 26.1 Å². The van der Waals surface area contributed by atoms with Gasteiger partial charge in [0.25, 0.3) is 0 Å². The van der Waals surface area contributed by atoms with Crippen LogP contribution in [0.1, 0.15) is 38.5 Å². The molecule has 1 heterocycles.